The van der Waals surface area contributed by atoms with Crippen LogP contribution in [0.5, 0.6) is 5.75 Å². The van der Waals surface area contributed by atoms with E-state index in [4.69, 9.17) is 4.74 Å². The van der Waals surface area contributed by atoms with Gasteiger partial charge in [-0.2, -0.15) is 14.6 Å². The van der Waals surface area contributed by atoms with Crippen LogP contribution in [0.15, 0.2) is 36.7 Å². The first-order chi connectivity index (χ1) is 13.7. The van der Waals surface area contributed by atoms with E-state index >= 15 is 0 Å². The van der Waals surface area contributed by atoms with Gasteiger partial charge in [-0.15, -0.1) is 0 Å². The molecule has 8 heteroatoms. The Morgan fingerprint density at radius 1 is 1.18 bits per heavy atom. The van der Waals surface area contributed by atoms with Crippen LogP contribution >= 0.6 is 0 Å². The number of benzene rings is 1. The molecule has 2 aromatic heterocycles. The molecule has 0 bridgehead atoms. The zero-order chi connectivity index (χ0) is 19.1. The van der Waals surface area contributed by atoms with E-state index in [0.717, 1.165) is 42.3 Å². The Kier molecular flexibility index (Phi) is 4.11. The third-order valence-electron chi connectivity index (χ3n) is 5.50. The van der Waals surface area contributed by atoms with Crippen LogP contribution in [-0.2, 0) is 11.2 Å². The predicted molar refractivity (Wildman–Crippen MR) is 103 cm³/mol. The summed E-state index contributed by atoms with van der Waals surface area (Å²) in [5.41, 5.74) is 2.03. The van der Waals surface area contributed by atoms with Crippen LogP contribution in [0.3, 0.4) is 0 Å². The Hall–Kier alpha value is -3.16. The first-order valence-corrected chi connectivity index (χ1v) is 9.61. The molecule has 0 aliphatic carbocycles. The van der Waals surface area contributed by atoms with Crippen molar-refractivity contribution < 1.29 is 9.53 Å². The second kappa shape index (κ2) is 6.78. The van der Waals surface area contributed by atoms with E-state index in [9.17, 15) is 4.79 Å². The van der Waals surface area contributed by atoms with Crippen molar-refractivity contribution in [3.05, 3.63) is 47.9 Å². The van der Waals surface area contributed by atoms with Gasteiger partial charge in [-0.1, -0.05) is 18.2 Å². The molecule has 4 heterocycles. The maximum absolute atomic E-state index is 13.0. The fourth-order valence-corrected chi connectivity index (χ4v) is 4.04. The second-order valence-electron chi connectivity index (χ2n) is 7.36. The summed E-state index contributed by atoms with van der Waals surface area (Å²) in [6.07, 6.45) is 2.27. The van der Waals surface area contributed by atoms with Gasteiger partial charge in [-0.3, -0.25) is 4.79 Å². The highest BCUT2D eigenvalue weighted by molar-refractivity contribution is 5.80. The number of aromatic nitrogens is 4. The van der Waals surface area contributed by atoms with Crippen molar-refractivity contribution in [1.29, 1.82) is 0 Å². The maximum Gasteiger partial charge on any atom is 0.254 e. The summed E-state index contributed by atoms with van der Waals surface area (Å²) < 4.78 is 7.57. The van der Waals surface area contributed by atoms with Crippen LogP contribution in [0.1, 0.15) is 11.3 Å². The van der Waals surface area contributed by atoms with Gasteiger partial charge in [0.2, 0.25) is 5.91 Å². The first-order valence-electron chi connectivity index (χ1n) is 9.61. The van der Waals surface area contributed by atoms with E-state index in [2.05, 4.69) is 20.0 Å². The van der Waals surface area contributed by atoms with Gasteiger partial charge in [0, 0.05) is 37.9 Å². The molecular weight excluding hydrogens is 356 g/mol. The molecule has 1 amide bonds. The standard InChI is InChI=1S/C20H22N6O2/c1-14-10-18(26-20(23-14)21-13-22-26)24-6-8-25(9-7-24)19(27)16-11-15-4-2-3-5-17(15)28-12-16/h2-5,10,13,16H,6-9,11-12H2,1H3. The minimum absolute atomic E-state index is 0.105. The van der Waals surface area contributed by atoms with Crippen LogP contribution < -0.4 is 9.64 Å². The highest BCUT2D eigenvalue weighted by Crippen LogP contribution is 2.28. The molecule has 1 unspecified atom stereocenters. The molecule has 1 aromatic carbocycles. The molecule has 0 N–H and O–H groups in total. The van der Waals surface area contributed by atoms with Gasteiger partial charge in [-0.25, -0.2) is 4.98 Å². The van der Waals surface area contributed by atoms with E-state index in [1.165, 1.54) is 6.33 Å². The molecule has 0 saturated carbocycles. The molecule has 1 fully saturated rings. The number of hydrogen-bond acceptors (Lipinski definition) is 6. The summed E-state index contributed by atoms with van der Waals surface area (Å²) in [4.78, 5) is 25.8. The van der Waals surface area contributed by atoms with Crippen molar-refractivity contribution in [2.24, 2.45) is 5.92 Å². The van der Waals surface area contributed by atoms with Crippen molar-refractivity contribution in [3.8, 4) is 5.75 Å². The lowest BCUT2D eigenvalue weighted by Crippen LogP contribution is -2.52. The van der Waals surface area contributed by atoms with Crippen LogP contribution in [0, 0.1) is 12.8 Å². The lowest BCUT2D eigenvalue weighted by molar-refractivity contribution is -0.137. The normalized spacial score (nSPS) is 19.4. The average Bonchev–Trinajstić information content (AvgIpc) is 3.21. The number of carbonyl (C=O) groups is 1. The second-order valence-corrected chi connectivity index (χ2v) is 7.36. The quantitative estimate of drug-likeness (QED) is 0.670. The Labute approximate surface area is 162 Å². The van der Waals surface area contributed by atoms with E-state index < -0.39 is 0 Å². The number of aryl methyl sites for hydroxylation is 1. The molecule has 28 heavy (non-hydrogen) atoms. The molecule has 1 atom stereocenters. The first kappa shape index (κ1) is 17.0. The molecule has 0 spiro atoms. The van der Waals surface area contributed by atoms with Gasteiger partial charge < -0.3 is 14.5 Å². The molecule has 5 rings (SSSR count). The fourth-order valence-electron chi connectivity index (χ4n) is 4.04. The summed E-state index contributed by atoms with van der Waals surface area (Å²) in [5.74, 6) is 2.56. The Morgan fingerprint density at radius 3 is 2.86 bits per heavy atom. The number of para-hydroxylation sites is 1. The Balaban J connectivity index is 1.27. The summed E-state index contributed by atoms with van der Waals surface area (Å²) in [6.45, 7) is 5.31. The highest BCUT2D eigenvalue weighted by Gasteiger charge is 2.31. The van der Waals surface area contributed by atoms with Crippen LogP contribution in [-0.4, -0.2) is 63.2 Å². The molecular formula is C20H22N6O2. The van der Waals surface area contributed by atoms with E-state index in [1.54, 1.807) is 4.52 Å². The Bertz CT molecular complexity index is 1020. The molecule has 2 aliphatic rings. The van der Waals surface area contributed by atoms with E-state index in [-0.39, 0.29) is 11.8 Å². The number of hydrogen-bond donors (Lipinski definition) is 0. The molecule has 3 aromatic rings. The largest absolute Gasteiger partial charge is 0.492 e. The number of fused-ring (bicyclic) bond motifs is 2. The lowest BCUT2D eigenvalue weighted by atomic mass is 9.95. The van der Waals surface area contributed by atoms with Gasteiger partial charge in [0.25, 0.3) is 5.78 Å². The van der Waals surface area contributed by atoms with Gasteiger partial charge >= 0.3 is 0 Å². The number of ether oxygens (including phenoxy) is 1. The minimum atomic E-state index is -0.105. The molecule has 8 nitrogen and oxygen atoms in total. The van der Waals surface area contributed by atoms with Gasteiger partial charge in [-0.05, 0) is 25.0 Å². The zero-order valence-electron chi connectivity index (χ0n) is 15.8. The van der Waals surface area contributed by atoms with Crippen molar-refractivity contribution in [2.45, 2.75) is 13.3 Å². The van der Waals surface area contributed by atoms with Crippen molar-refractivity contribution in [3.63, 3.8) is 0 Å². The van der Waals surface area contributed by atoms with Crippen molar-refractivity contribution in [1.82, 2.24) is 24.5 Å². The van der Waals surface area contributed by atoms with Gasteiger partial charge in [0.15, 0.2) is 0 Å². The third-order valence-corrected chi connectivity index (χ3v) is 5.50. The number of rotatable bonds is 2. The summed E-state index contributed by atoms with van der Waals surface area (Å²) in [5, 5.41) is 4.29. The predicted octanol–water partition coefficient (Wildman–Crippen LogP) is 1.33. The topological polar surface area (TPSA) is 75.9 Å². The number of anilines is 1. The summed E-state index contributed by atoms with van der Waals surface area (Å²) in [7, 11) is 0. The molecule has 0 radical (unpaired) electrons. The SMILES string of the molecule is Cc1cc(N2CCN(C(=O)C3COc4ccccc4C3)CC2)n2ncnc2n1. The highest BCUT2D eigenvalue weighted by atomic mass is 16.5. The number of carbonyl (C=O) groups excluding carboxylic acids is 1. The van der Waals surface area contributed by atoms with Gasteiger partial charge in [0.1, 0.15) is 24.5 Å². The zero-order valence-corrected chi connectivity index (χ0v) is 15.8. The monoisotopic (exact) mass is 378 g/mol. The smallest absolute Gasteiger partial charge is 0.254 e. The van der Waals surface area contributed by atoms with Crippen molar-refractivity contribution in [2.75, 3.05) is 37.7 Å². The third kappa shape index (κ3) is 2.94. The van der Waals surface area contributed by atoms with Crippen LogP contribution in [0.25, 0.3) is 5.78 Å². The fraction of sp³-hybridized carbons (Fsp3) is 0.400. The number of nitrogens with zero attached hydrogens (tertiary/aromatic N) is 6. The summed E-state index contributed by atoms with van der Waals surface area (Å²) in [6, 6.07) is 9.99. The molecule has 2 aliphatic heterocycles. The minimum Gasteiger partial charge on any atom is -0.492 e. The molecule has 1 saturated heterocycles. The van der Waals surface area contributed by atoms with Crippen LogP contribution in [0.4, 0.5) is 5.82 Å². The number of piperazine rings is 1. The average molecular weight is 378 g/mol. The van der Waals surface area contributed by atoms with E-state index in [1.807, 2.05) is 42.2 Å². The number of amides is 1. The van der Waals surface area contributed by atoms with Gasteiger partial charge in [0.05, 0.1) is 5.92 Å². The lowest BCUT2D eigenvalue weighted by Gasteiger charge is -2.38. The summed E-state index contributed by atoms with van der Waals surface area (Å²) >= 11 is 0. The Morgan fingerprint density at radius 2 is 2.00 bits per heavy atom. The van der Waals surface area contributed by atoms with Crippen molar-refractivity contribution >= 4 is 17.5 Å². The molecule has 144 valence electrons. The van der Waals surface area contributed by atoms with E-state index in [0.29, 0.717) is 25.5 Å². The maximum atomic E-state index is 13.0. The van der Waals surface area contributed by atoms with Crippen LogP contribution in [0.2, 0.25) is 0 Å².